The van der Waals surface area contributed by atoms with Crippen molar-refractivity contribution < 1.29 is 9.90 Å². The van der Waals surface area contributed by atoms with Crippen molar-refractivity contribution in [2.75, 3.05) is 0 Å². The third-order valence-electron chi connectivity index (χ3n) is 2.11. The Kier molecular flexibility index (Phi) is 4.37. The molecule has 1 N–H and O–H groups in total. The molecule has 0 amide bonds. The van der Waals surface area contributed by atoms with Crippen molar-refractivity contribution in [3.63, 3.8) is 0 Å². The van der Waals surface area contributed by atoms with Gasteiger partial charge in [0.25, 0.3) is 0 Å². The first-order valence-corrected chi connectivity index (χ1v) is 5.12. The Morgan fingerprint density at radius 1 is 1.53 bits per heavy atom. The third kappa shape index (κ3) is 4.17. The molecule has 0 aromatic heterocycles. The molecule has 0 aliphatic rings. The maximum absolute atomic E-state index is 10.5. The average molecular weight is 225 g/mol. The number of hydrogen-bond donors (Lipinski definition) is 1. The smallest absolute Gasteiger partial charge is 0.330 e. The number of carbonyl (C=O) groups is 1. The zero-order valence-electron chi connectivity index (χ0n) is 8.53. The molecular weight excluding hydrogens is 212 g/mol. The summed E-state index contributed by atoms with van der Waals surface area (Å²) in [7, 11) is 0. The van der Waals surface area contributed by atoms with Crippen LogP contribution in [0.1, 0.15) is 18.9 Å². The van der Waals surface area contributed by atoms with Crippen molar-refractivity contribution in [1.82, 2.24) is 0 Å². The number of aryl methyl sites for hydroxylation is 1. The first-order valence-electron chi connectivity index (χ1n) is 4.74. The molecular formula is C12H13ClO2. The van der Waals surface area contributed by atoms with Crippen LogP contribution < -0.4 is 0 Å². The minimum absolute atomic E-state index is 0.386. The first kappa shape index (κ1) is 11.8. The van der Waals surface area contributed by atoms with E-state index in [2.05, 4.69) is 0 Å². The van der Waals surface area contributed by atoms with Gasteiger partial charge in [0, 0.05) is 10.6 Å². The Bertz CT molecular complexity index is 383. The predicted octanol–water partition coefficient (Wildman–Crippen LogP) is 3.30. The van der Waals surface area contributed by atoms with Gasteiger partial charge in [0.1, 0.15) is 0 Å². The fourth-order valence-electron chi connectivity index (χ4n) is 1.24. The summed E-state index contributed by atoms with van der Waals surface area (Å²) in [6.07, 6.45) is 3.26. The molecule has 0 saturated carbocycles. The third-order valence-corrected chi connectivity index (χ3v) is 2.35. The maximum atomic E-state index is 10.5. The van der Waals surface area contributed by atoms with Crippen molar-refractivity contribution in [2.24, 2.45) is 0 Å². The molecule has 1 rings (SSSR count). The molecule has 15 heavy (non-hydrogen) atoms. The number of halogens is 1. The SMILES string of the molecule is C/C(=C\CCc1cccc(Cl)c1)C(=O)O. The molecule has 0 spiro atoms. The molecule has 1 aromatic carbocycles. The second kappa shape index (κ2) is 5.56. The summed E-state index contributed by atoms with van der Waals surface area (Å²) in [5.74, 6) is -0.860. The summed E-state index contributed by atoms with van der Waals surface area (Å²) in [4.78, 5) is 10.5. The van der Waals surface area contributed by atoms with E-state index < -0.39 is 5.97 Å². The van der Waals surface area contributed by atoms with E-state index in [-0.39, 0.29) is 0 Å². The number of rotatable bonds is 4. The minimum atomic E-state index is -0.860. The molecule has 2 nitrogen and oxygen atoms in total. The molecule has 0 fully saturated rings. The normalized spacial score (nSPS) is 11.5. The number of allylic oxidation sites excluding steroid dienone is 1. The summed E-state index contributed by atoms with van der Waals surface area (Å²) in [6, 6.07) is 7.59. The summed E-state index contributed by atoms with van der Waals surface area (Å²) >= 11 is 5.83. The van der Waals surface area contributed by atoms with Crippen LogP contribution in [0.2, 0.25) is 5.02 Å². The van der Waals surface area contributed by atoms with Crippen LogP contribution in [0, 0.1) is 0 Å². The lowest BCUT2D eigenvalue weighted by Gasteiger charge is -1.99. The zero-order valence-corrected chi connectivity index (χ0v) is 9.29. The summed E-state index contributed by atoms with van der Waals surface area (Å²) in [5, 5.41) is 9.35. The van der Waals surface area contributed by atoms with Gasteiger partial charge in [-0.25, -0.2) is 4.79 Å². The van der Waals surface area contributed by atoms with Gasteiger partial charge >= 0.3 is 5.97 Å². The molecule has 80 valence electrons. The number of carboxylic acids is 1. The van der Waals surface area contributed by atoms with Crippen molar-refractivity contribution in [1.29, 1.82) is 0 Å². The standard InChI is InChI=1S/C12H13ClO2/c1-9(12(14)15)4-2-5-10-6-3-7-11(13)8-10/h3-4,6-8H,2,5H2,1H3,(H,14,15)/b9-4+. The molecule has 0 atom stereocenters. The summed E-state index contributed by atoms with van der Waals surface area (Å²) in [5.41, 5.74) is 1.51. The zero-order chi connectivity index (χ0) is 11.3. The van der Waals surface area contributed by atoms with Crippen LogP contribution in [0.15, 0.2) is 35.9 Å². The van der Waals surface area contributed by atoms with Gasteiger partial charge in [-0.3, -0.25) is 0 Å². The Balaban J connectivity index is 2.51. The molecule has 0 aliphatic carbocycles. The van der Waals surface area contributed by atoms with Gasteiger partial charge in [0.05, 0.1) is 0 Å². The molecule has 0 bridgehead atoms. The van der Waals surface area contributed by atoms with Crippen LogP contribution in [-0.4, -0.2) is 11.1 Å². The second-order valence-corrected chi connectivity index (χ2v) is 3.80. The van der Waals surface area contributed by atoms with Crippen molar-refractivity contribution in [3.05, 3.63) is 46.5 Å². The van der Waals surface area contributed by atoms with Crippen molar-refractivity contribution >= 4 is 17.6 Å². The van der Waals surface area contributed by atoms with E-state index in [1.54, 1.807) is 13.0 Å². The quantitative estimate of drug-likeness (QED) is 0.797. The molecule has 0 aliphatic heterocycles. The monoisotopic (exact) mass is 224 g/mol. The highest BCUT2D eigenvalue weighted by Crippen LogP contribution is 2.12. The Morgan fingerprint density at radius 3 is 2.87 bits per heavy atom. The van der Waals surface area contributed by atoms with Crippen LogP contribution in [0.4, 0.5) is 0 Å². The van der Waals surface area contributed by atoms with E-state index in [9.17, 15) is 4.79 Å². The van der Waals surface area contributed by atoms with Gasteiger partial charge in [-0.05, 0) is 37.5 Å². The minimum Gasteiger partial charge on any atom is -0.478 e. The molecule has 3 heteroatoms. The van der Waals surface area contributed by atoms with E-state index in [0.717, 1.165) is 18.4 Å². The van der Waals surface area contributed by atoms with Gasteiger partial charge < -0.3 is 5.11 Å². The number of benzene rings is 1. The topological polar surface area (TPSA) is 37.3 Å². The fourth-order valence-corrected chi connectivity index (χ4v) is 1.45. The van der Waals surface area contributed by atoms with E-state index >= 15 is 0 Å². The molecule has 0 unspecified atom stereocenters. The van der Waals surface area contributed by atoms with Crippen LogP contribution in [0.25, 0.3) is 0 Å². The number of carboxylic acid groups (broad SMARTS) is 1. The lowest BCUT2D eigenvalue weighted by molar-refractivity contribution is -0.132. The number of hydrogen-bond acceptors (Lipinski definition) is 1. The summed E-state index contributed by atoms with van der Waals surface area (Å²) < 4.78 is 0. The molecule has 0 radical (unpaired) electrons. The number of aliphatic carboxylic acids is 1. The maximum Gasteiger partial charge on any atom is 0.330 e. The van der Waals surface area contributed by atoms with Crippen LogP contribution in [0.3, 0.4) is 0 Å². The predicted molar refractivity (Wildman–Crippen MR) is 61.2 cm³/mol. The van der Waals surface area contributed by atoms with Gasteiger partial charge in [-0.15, -0.1) is 0 Å². The molecule has 0 saturated heterocycles. The average Bonchev–Trinajstić information content (AvgIpc) is 2.17. The van der Waals surface area contributed by atoms with Crippen LogP contribution >= 0.6 is 11.6 Å². The lowest BCUT2D eigenvalue weighted by Crippen LogP contribution is -1.96. The van der Waals surface area contributed by atoms with E-state index in [1.807, 2.05) is 24.3 Å². The Morgan fingerprint density at radius 2 is 2.27 bits per heavy atom. The highest BCUT2D eigenvalue weighted by atomic mass is 35.5. The largest absolute Gasteiger partial charge is 0.478 e. The van der Waals surface area contributed by atoms with Gasteiger partial charge in [-0.2, -0.15) is 0 Å². The van der Waals surface area contributed by atoms with E-state index in [1.165, 1.54) is 0 Å². The fraction of sp³-hybridized carbons (Fsp3) is 0.250. The highest BCUT2D eigenvalue weighted by molar-refractivity contribution is 6.30. The van der Waals surface area contributed by atoms with Crippen LogP contribution in [0.5, 0.6) is 0 Å². The van der Waals surface area contributed by atoms with Crippen molar-refractivity contribution in [3.8, 4) is 0 Å². The second-order valence-electron chi connectivity index (χ2n) is 3.36. The highest BCUT2D eigenvalue weighted by Gasteiger charge is 1.98. The van der Waals surface area contributed by atoms with Crippen LogP contribution in [-0.2, 0) is 11.2 Å². The van der Waals surface area contributed by atoms with Gasteiger partial charge in [-0.1, -0.05) is 29.8 Å². The lowest BCUT2D eigenvalue weighted by atomic mass is 10.1. The Labute approximate surface area is 94.2 Å². The van der Waals surface area contributed by atoms with Gasteiger partial charge in [0.2, 0.25) is 0 Å². The first-order chi connectivity index (χ1) is 7.09. The van der Waals surface area contributed by atoms with E-state index in [4.69, 9.17) is 16.7 Å². The van der Waals surface area contributed by atoms with Crippen molar-refractivity contribution in [2.45, 2.75) is 19.8 Å². The van der Waals surface area contributed by atoms with Gasteiger partial charge in [0.15, 0.2) is 0 Å². The summed E-state index contributed by atoms with van der Waals surface area (Å²) in [6.45, 7) is 1.60. The Hall–Kier alpha value is -1.28. The van der Waals surface area contributed by atoms with E-state index in [0.29, 0.717) is 10.6 Å². The molecule has 1 aromatic rings. The molecule has 0 heterocycles.